The molecule has 2 saturated heterocycles. The fourth-order valence-corrected chi connectivity index (χ4v) is 10.1. The fraction of sp³-hybridized carbons (Fsp3) is 0.435. The van der Waals surface area contributed by atoms with Gasteiger partial charge < -0.3 is 34.5 Å². The van der Waals surface area contributed by atoms with Gasteiger partial charge in [0.15, 0.2) is 16.8 Å². The number of aliphatic imine (C=N–C) groups is 1. The van der Waals surface area contributed by atoms with Crippen LogP contribution in [0.4, 0.5) is 29.2 Å². The van der Waals surface area contributed by atoms with Crippen molar-refractivity contribution in [3.63, 3.8) is 0 Å². The molecule has 3 aromatic heterocycles. The Morgan fingerprint density at radius 2 is 1.45 bits per heavy atom. The lowest BCUT2D eigenvalue weighted by molar-refractivity contribution is -0.122. The van der Waals surface area contributed by atoms with Gasteiger partial charge in [0.1, 0.15) is 38.2 Å². The molecule has 4 fully saturated rings. The topological polar surface area (TPSA) is 155 Å². The molecule has 14 nitrogen and oxygen atoms in total. The highest BCUT2D eigenvalue weighted by molar-refractivity contribution is 8.13. The number of carbonyl (C=O) groups is 1. The number of likely N-dealkylation sites (tertiary alicyclic amines) is 1. The number of benzene rings is 2. The van der Waals surface area contributed by atoms with E-state index in [0.29, 0.717) is 52.0 Å². The van der Waals surface area contributed by atoms with Gasteiger partial charge in [-0.3, -0.25) is 9.36 Å². The highest BCUT2D eigenvalue weighted by Gasteiger charge is 2.63. The van der Waals surface area contributed by atoms with E-state index < -0.39 is 13.3 Å². The molecule has 0 radical (unpaired) electrons. The van der Waals surface area contributed by atoms with Crippen LogP contribution in [0.3, 0.4) is 0 Å². The van der Waals surface area contributed by atoms with Crippen molar-refractivity contribution in [3.8, 4) is 17.4 Å². The monoisotopic (exact) mass is 987 g/mol. The molecule has 5 heterocycles. The van der Waals surface area contributed by atoms with Crippen LogP contribution in [0.25, 0.3) is 5.69 Å². The van der Waals surface area contributed by atoms with Gasteiger partial charge >= 0.3 is 0 Å². The average Bonchev–Trinajstić information content (AvgIpc) is 3.99. The summed E-state index contributed by atoms with van der Waals surface area (Å²) in [4.78, 5) is 28.0. The van der Waals surface area contributed by atoms with Crippen molar-refractivity contribution in [2.24, 2.45) is 22.6 Å². The number of rotatable bonds is 16. The lowest BCUT2D eigenvalue weighted by atomic mass is 9.95. The number of carbonyl (C=O) groups excluding carboxylic acids is 1. The van der Waals surface area contributed by atoms with Crippen molar-refractivity contribution in [2.45, 2.75) is 30.3 Å². The SMILES string of the molecule is COc1ccc(-n2c(COCCF)nnc2N2C[C@@H]3C[C@]3(c3ccc(F)cc3Cl)C2)cn1.COc1ccc(N=C(SC)N2C[C@@H]3C[C@]3(c3ccc(F)cc3Cl)C2)cn1.NCC(=O)COCCF. The molecule has 2 aliphatic heterocycles. The Kier molecular flexibility index (Phi) is 16.6. The number of halogens is 6. The molecule has 2 saturated carbocycles. The van der Waals surface area contributed by atoms with Crippen LogP contribution in [-0.4, -0.2) is 127 Å². The van der Waals surface area contributed by atoms with Gasteiger partial charge in [-0.05, 0) is 78.5 Å². The number of methoxy groups -OCH3 is 2. The lowest BCUT2D eigenvalue weighted by Gasteiger charge is -2.24. The predicted molar refractivity (Wildman–Crippen MR) is 250 cm³/mol. The molecule has 4 aliphatic rings. The van der Waals surface area contributed by atoms with E-state index in [0.717, 1.165) is 60.1 Å². The highest BCUT2D eigenvalue weighted by Crippen LogP contribution is 2.62. The maximum absolute atomic E-state index is 13.6. The van der Waals surface area contributed by atoms with Crippen molar-refractivity contribution < 1.29 is 41.3 Å². The molecule has 0 amide bonds. The number of nitrogens with zero attached hydrogens (tertiary/aromatic N) is 8. The maximum atomic E-state index is 13.6. The van der Waals surface area contributed by atoms with E-state index in [1.54, 1.807) is 56.6 Å². The van der Waals surface area contributed by atoms with Crippen LogP contribution in [0.2, 0.25) is 10.0 Å². The number of piperidine rings is 2. The number of hydrogen-bond donors (Lipinski definition) is 1. The van der Waals surface area contributed by atoms with Gasteiger partial charge in [0.2, 0.25) is 17.7 Å². The summed E-state index contributed by atoms with van der Waals surface area (Å²) in [6.45, 7) is 2.12. The van der Waals surface area contributed by atoms with Crippen molar-refractivity contribution in [3.05, 3.63) is 112 Å². The number of hydrogen-bond acceptors (Lipinski definition) is 13. The Balaban J connectivity index is 0.000000171. The van der Waals surface area contributed by atoms with Crippen LogP contribution >= 0.6 is 35.0 Å². The third-order valence-electron chi connectivity index (χ3n) is 12.2. The van der Waals surface area contributed by atoms with E-state index in [9.17, 15) is 22.4 Å². The van der Waals surface area contributed by atoms with Gasteiger partial charge in [-0.1, -0.05) is 47.1 Å². The largest absolute Gasteiger partial charge is 0.481 e. The zero-order chi connectivity index (χ0) is 47.7. The summed E-state index contributed by atoms with van der Waals surface area (Å²) >= 11 is 14.3. The first kappa shape index (κ1) is 49.8. The Morgan fingerprint density at radius 1 is 0.836 bits per heavy atom. The summed E-state index contributed by atoms with van der Waals surface area (Å²) in [5, 5.41) is 10.7. The first-order valence-corrected chi connectivity index (χ1v) is 23.4. The standard InChI is InChI=1S/C22H22ClF2N5O2.C19H19ClFN3OS.C5H10FNO2/c1-31-20-5-3-16(10-26-20)30-19(12-32-7-6-24)27-28-21(30)29-11-14-9-22(14,13-29)17-4-2-15(25)8-18(17)23;1-25-17-6-4-14(9-22-17)23-18(26-2)24-10-12-8-19(12,11-24)15-5-3-13(21)7-16(15)20;6-1-2-9-4-5(8)3-7/h2-5,8,10,14H,6-7,9,11-13H2,1H3;3-7,9,12H,8,10-11H2,1-2H3;1-4,7H2/t14-,22-;12-,19-;/m00./s1. The molecule has 5 aromatic rings. The zero-order valence-electron chi connectivity index (χ0n) is 37.1. The third-order valence-corrected chi connectivity index (χ3v) is 13.5. The first-order chi connectivity index (χ1) is 32.4. The number of amidine groups is 1. The van der Waals surface area contributed by atoms with E-state index >= 15 is 0 Å². The summed E-state index contributed by atoms with van der Waals surface area (Å²) < 4.78 is 72.8. The van der Waals surface area contributed by atoms with Gasteiger partial charge in [-0.25, -0.2) is 32.5 Å². The third kappa shape index (κ3) is 11.5. The molecule has 9 rings (SSSR count). The smallest absolute Gasteiger partial charge is 0.232 e. The second kappa shape index (κ2) is 22.4. The number of Topliss-reactive ketones (excluding diaryl/α,β-unsaturated/α-hetero) is 1. The minimum atomic E-state index is -0.570. The number of aromatic nitrogens is 5. The summed E-state index contributed by atoms with van der Waals surface area (Å²) in [5.74, 6) is 2.37. The highest BCUT2D eigenvalue weighted by atomic mass is 35.5. The Labute approximate surface area is 400 Å². The van der Waals surface area contributed by atoms with Crippen LogP contribution in [0.15, 0.2) is 78.0 Å². The first-order valence-electron chi connectivity index (χ1n) is 21.4. The molecule has 4 atom stereocenters. The maximum Gasteiger partial charge on any atom is 0.232 e. The van der Waals surface area contributed by atoms with E-state index in [2.05, 4.69) is 34.7 Å². The molecule has 2 N–H and O–H groups in total. The summed E-state index contributed by atoms with van der Waals surface area (Å²) in [5.41, 5.74) is 8.41. The van der Waals surface area contributed by atoms with Crippen LogP contribution in [0, 0.1) is 23.5 Å². The van der Waals surface area contributed by atoms with Gasteiger partial charge in [0.25, 0.3) is 0 Å². The van der Waals surface area contributed by atoms with E-state index in [1.807, 2.05) is 29.0 Å². The van der Waals surface area contributed by atoms with Crippen molar-refractivity contribution in [1.29, 1.82) is 0 Å². The molecular formula is C46H51Cl2F4N9O5S. The van der Waals surface area contributed by atoms with Gasteiger partial charge in [0.05, 0.1) is 57.7 Å². The molecule has 0 bridgehead atoms. The zero-order valence-corrected chi connectivity index (χ0v) is 39.5. The number of ketones is 1. The molecule has 358 valence electrons. The number of alkyl halides is 2. The number of anilines is 1. The molecule has 2 aliphatic carbocycles. The second-order valence-electron chi connectivity index (χ2n) is 16.3. The van der Waals surface area contributed by atoms with Gasteiger partial charge in [-0.15, -0.1) is 10.2 Å². The number of thioether (sulfide) groups is 1. The van der Waals surface area contributed by atoms with Crippen molar-refractivity contribution >= 4 is 57.6 Å². The minimum Gasteiger partial charge on any atom is -0.481 e. The molecule has 67 heavy (non-hydrogen) atoms. The summed E-state index contributed by atoms with van der Waals surface area (Å²) in [6.07, 6.45) is 7.50. The lowest BCUT2D eigenvalue weighted by Crippen LogP contribution is -2.30. The molecule has 21 heteroatoms. The van der Waals surface area contributed by atoms with Crippen molar-refractivity contribution in [1.82, 2.24) is 29.6 Å². The Bertz CT molecular complexity index is 2510. The average molecular weight is 989 g/mol. The van der Waals surface area contributed by atoms with E-state index in [1.165, 1.54) is 24.3 Å². The Morgan fingerprint density at radius 3 is 2.00 bits per heavy atom. The van der Waals surface area contributed by atoms with Gasteiger partial charge in [0, 0.05) is 59.2 Å². The van der Waals surface area contributed by atoms with Crippen LogP contribution < -0.4 is 20.1 Å². The quantitative estimate of drug-likeness (QED) is 0.0444. The van der Waals surface area contributed by atoms with E-state index in [4.69, 9.17) is 48.1 Å². The number of ether oxygens (including phenoxy) is 4. The predicted octanol–water partition coefficient (Wildman–Crippen LogP) is 7.73. The van der Waals surface area contributed by atoms with Crippen molar-refractivity contribution in [2.75, 3.05) is 91.3 Å². The number of pyridine rings is 2. The normalized spacial score (nSPS) is 21.1. The second-order valence-corrected chi connectivity index (χ2v) is 17.9. The molecular weight excluding hydrogens is 938 g/mol. The van der Waals surface area contributed by atoms with Gasteiger partial charge in [-0.2, -0.15) is 0 Å². The van der Waals surface area contributed by atoms with E-state index in [-0.39, 0.29) is 61.2 Å². The van der Waals surface area contributed by atoms with Crippen LogP contribution in [0.1, 0.15) is 29.8 Å². The minimum absolute atomic E-state index is 0.0129. The summed E-state index contributed by atoms with van der Waals surface area (Å²) in [7, 11) is 3.15. The van der Waals surface area contributed by atoms with Crippen LogP contribution in [-0.2, 0) is 31.7 Å². The van der Waals surface area contributed by atoms with Crippen LogP contribution in [0.5, 0.6) is 11.8 Å². The summed E-state index contributed by atoms with van der Waals surface area (Å²) in [6, 6.07) is 16.7. The molecule has 0 unspecified atom stereocenters. The number of nitrogens with two attached hydrogens (primary N) is 1. The molecule has 0 spiro atoms. The Hall–Kier alpha value is -5.05. The number of fused-ring (bicyclic) bond motifs is 2. The fourth-order valence-electron chi connectivity index (χ4n) is 8.81. The molecule has 2 aromatic carbocycles.